The van der Waals surface area contributed by atoms with Gasteiger partial charge in [-0.2, -0.15) is 0 Å². The first kappa shape index (κ1) is 39.4. The van der Waals surface area contributed by atoms with Crippen LogP contribution in [-0.2, 0) is 5.41 Å². The van der Waals surface area contributed by atoms with Crippen LogP contribution in [-0.4, -0.2) is 4.57 Å². The zero-order chi connectivity index (χ0) is 45.8. The Morgan fingerprint density at radius 1 is 0.319 bits per heavy atom. The lowest BCUT2D eigenvalue weighted by Crippen LogP contribution is -2.16. The second-order valence-electron chi connectivity index (χ2n) is 19.2. The van der Waals surface area contributed by atoms with E-state index in [2.05, 4.69) is 266 Å². The summed E-state index contributed by atoms with van der Waals surface area (Å²) in [5, 5.41) is 12.6. The van der Waals surface area contributed by atoms with E-state index in [9.17, 15) is 0 Å². The third-order valence-corrected chi connectivity index (χ3v) is 15.2. The Morgan fingerprint density at radius 2 is 0.855 bits per heavy atom. The lowest BCUT2D eigenvalue weighted by molar-refractivity contribution is 0.660. The van der Waals surface area contributed by atoms with Crippen LogP contribution in [0.15, 0.2) is 243 Å². The van der Waals surface area contributed by atoms with Crippen LogP contribution >= 0.6 is 0 Å². The van der Waals surface area contributed by atoms with Crippen LogP contribution in [0.1, 0.15) is 25.0 Å². The molecule has 0 amide bonds. The lowest BCUT2D eigenvalue weighted by atomic mass is 9.82. The van der Waals surface area contributed by atoms with Crippen molar-refractivity contribution in [2.75, 3.05) is 4.90 Å². The molecule has 1 aliphatic rings. The fourth-order valence-electron chi connectivity index (χ4n) is 11.9. The summed E-state index contributed by atoms with van der Waals surface area (Å²) in [7, 11) is 0. The molecule has 14 rings (SSSR count). The predicted octanol–water partition coefficient (Wildman–Crippen LogP) is 18.5. The number of para-hydroxylation sites is 1. The molecule has 0 saturated heterocycles. The molecule has 1 aliphatic carbocycles. The largest absolute Gasteiger partial charge is 0.310 e. The highest BCUT2D eigenvalue weighted by Crippen LogP contribution is 2.51. The van der Waals surface area contributed by atoms with E-state index in [4.69, 9.17) is 0 Å². The summed E-state index contributed by atoms with van der Waals surface area (Å²) in [6.45, 7) is 4.72. The molecular weight excluding hydrogens is 833 g/mol. The van der Waals surface area contributed by atoms with E-state index in [1.54, 1.807) is 0 Å². The summed E-state index contributed by atoms with van der Waals surface area (Å²) >= 11 is 0. The van der Waals surface area contributed by atoms with Crippen molar-refractivity contribution in [3.63, 3.8) is 0 Å². The zero-order valence-corrected chi connectivity index (χ0v) is 38.5. The van der Waals surface area contributed by atoms with Crippen molar-refractivity contribution in [2.24, 2.45) is 0 Å². The average Bonchev–Trinajstić information content (AvgIpc) is 3.86. The summed E-state index contributed by atoms with van der Waals surface area (Å²) in [5.41, 5.74) is 17.0. The monoisotopic (exact) mass is 878 g/mol. The van der Waals surface area contributed by atoms with Gasteiger partial charge in [0.1, 0.15) is 0 Å². The van der Waals surface area contributed by atoms with Crippen molar-refractivity contribution in [1.82, 2.24) is 4.57 Å². The van der Waals surface area contributed by atoms with E-state index in [-0.39, 0.29) is 5.41 Å². The maximum Gasteiger partial charge on any atom is 0.0541 e. The Kier molecular flexibility index (Phi) is 8.66. The van der Waals surface area contributed by atoms with Gasteiger partial charge in [-0.05, 0) is 143 Å². The molecule has 1 aromatic heterocycles. The first-order valence-electron chi connectivity index (χ1n) is 24.1. The van der Waals surface area contributed by atoms with Gasteiger partial charge in [0.15, 0.2) is 0 Å². The molecule has 13 aromatic rings. The van der Waals surface area contributed by atoms with Crippen LogP contribution < -0.4 is 4.90 Å². The molecule has 0 saturated carbocycles. The quantitative estimate of drug-likeness (QED) is 0.151. The second kappa shape index (κ2) is 15.2. The Morgan fingerprint density at radius 3 is 1.61 bits per heavy atom. The number of hydrogen-bond acceptors (Lipinski definition) is 1. The number of fused-ring (bicyclic) bond motifs is 13. The van der Waals surface area contributed by atoms with Gasteiger partial charge < -0.3 is 9.47 Å². The first-order chi connectivity index (χ1) is 34.0. The Bertz CT molecular complexity index is 4190. The van der Waals surface area contributed by atoms with E-state index in [0.29, 0.717) is 0 Å². The topological polar surface area (TPSA) is 8.17 Å². The van der Waals surface area contributed by atoms with E-state index in [1.807, 2.05) is 0 Å². The van der Waals surface area contributed by atoms with Crippen molar-refractivity contribution >= 4 is 82.0 Å². The summed E-state index contributed by atoms with van der Waals surface area (Å²) in [6.07, 6.45) is 0. The number of rotatable bonds is 6. The molecule has 12 aromatic carbocycles. The Hall–Kier alpha value is -8.72. The van der Waals surface area contributed by atoms with Crippen LogP contribution in [0, 0.1) is 0 Å². The SMILES string of the molecule is CC1(C)c2ccccc2-c2ccc(N(c3ccc(-c4ccccc4-c4ccc5c(c4)c4ccccc4n5-c4ccc5c6ccccc6c6ccccc6c5c4)cc3)c3cccc4ccccc34)cc21. The minimum absolute atomic E-state index is 0.112. The molecular formula is C67H46N2. The first-order valence-corrected chi connectivity index (χ1v) is 24.1. The molecule has 0 bridgehead atoms. The Balaban J connectivity index is 0.878. The third kappa shape index (κ3) is 5.98. The molecule has 69 heavy (non-hydrogen) atoms. The number of hydrogen-bond donors (Lipinski definition) is 0. The molecule has 324 valence electrons. The van der Waals surface area contributed by atoms with Crippen LogP contribution in [0.5, 0.6) is 0 Å². The normalized spacial score (nSPS) is 12.9. The van der Waals surface area contributed by atoms with E-state index in [0.717, 1.165) is 22.7 Å². The summed E-state index contributed by atoms with van der Waals surface area (Å²) < 4.78 is 2.45. The van der Waals surface area contributed by atoms with E-state index >= 15 is 0 Å². The molecule has 2 nitrogen and oxygen atoms in total. The maximum absolute atomic E-state index is 2.45. The van der Waals surface area contributed by atoms with Crippen LogP contribution in [0.3, 0.4) is 0 Å². The van der Waals surface area contributed by atoms with Gasteiger partial charge in [0.05, 0.1) is 16.7 Å². The van der Waals surface area contributed by atoms with Crippen LogP contribution in [0.2, 0.25) is 0 Å². The van der Waals surface area contributed by atoms with Gasteiger partial charge in [-0.25, -0.2) is 0 Å². The smallest absolute Gasteiger partial charge is 0.0541 e. The van der Waals surface area contributed by atoms with Crippen molar-refractivity contribution in [3.8, 4) is 39.1 Å². The standard InChI is InChI=1S/C67H46N2/c1-67(2)62-27-13-11-25-57(62)58-38-36-48(42-63(58)67)68(64-29-15-17-43-16-3-4-20-51(43)64)46-33-30-44(31-34-46)49-18-5-6-19-50(49)45-32-39-66-61(40-45)59-26-12-14-28-65(59)69(66)47-35-37-56-54-23-8-7-21-52(54)53-22-9-10-24-55(53)60(56)41-47/h3-42H,1-2H3. The second-order valence-corrected chi connectivity index (χ2v) is 19.2. The van der Waals surface area contributed by atoms with Gasteiger partial charge in [-0.3, -0.25) is 0 Å². The summed E-state index contributed by atoms with van der Waals surface area (Å²) in [4.78, 5) is 2.45. The predicted molar refractivity (Wildman–Crippen MR) is 294 cm³/mol. The number of anilines is 3. The fourth-order valence-corrected chi connectivity index (χ4v) is 11.9. The van der Waals surface area contributed by atoms with E-state index < -0.39 is 0 Å². The van der Waals surface area contributed by atoms with Crippen molar-refractivity contribution in [2.45, 2.75) is 19.3 Å². The molecule has 0 fully saturated rings. The van der Waals surface area contributed by atoms with Crippen LogP contribution in [0.25, 0.3) is 104 Å². The molecule has 2 heteroatoms. The molecule has 0 radical (unpaired) electrons. The highest BCUT2D eigenvalue weighted by Gasteiger charge is 2.36. The highest BCUT2D eigenvalue weighted by atomic mass is 15.1. The average molecular weight is 879 g/mol. The number of nitrogens with zero attached hydrogens (tertiary/aromatic N) is 2. The molecule has 0 aliphatic heterocycles. The molecule has 0 N–H and O–H groups in total. The fraction of sp³-hybridized carbons (Fsp3) is 0.0448. The summed E-state index contributed by atoms with van der Waals surface area (Å²) in [6, 6.07) is 90.0. The van der Waals surface area contributed by atoms with Crippen molar-refractivity contribution in [3.05, 3.63) is 254 Å². The van der Waals surface area contributed by atoms with E-state index in [1.165, 1.54) is 109 Å². The maximum atomic E-state index is 2.45. The minimum atomic E-state index is -0.112. The van der Waals surface area contributed by atoms with Gasteiger partial charge >= 0.3 is 0 Å². The highest BCUT2D eigenvalue weighted by molar-refractivity contribution is 6.25. The molecule has 0 unspecified atom stereocenters. The summed E-state index contributed by atoms with van der Waals surface area (Å²) in [5.74, 6) is 0. The number of aromatic nitrogens is 1. The van der Waals surface area contributed by atoms with Crippen molar-refractivity contribution < 1.29 is 0 Å². The van der Waals surface area contributed by atoms with Gasteiger partial charge in [-0.15, -0.1) is 0 Å². The third-order valence-electron chi connectivity index (χ3n) is 15.2. The number of benzene rings is 12. The molecule has 1 heterocycles. The molecule has 0 spiro atoms. The van der Waals surface area contributed by atoms with Crippen LogP contribution in [0.4, 0.5) is 17.1 Å². The minimum Gasteiger partial charge on any atom is -0.310 e. The Labute approximate surface area is 401 Å². The van der Waals surface area contributed by atoms with Gasteiger partial charge in [0.2, 0.25) is 0 Å². The van der Waals surface area contributed by atoms with Crippen molar-refractivity contribution in [1.29, 1.82) is 0 Å². The van der Waals surface area contributed by atoms with Gasteiger partial charge in [0.25, 0.3) is 0 Å². The lowest BCUT2D eigenvalue weighted by Gasteiger charge is -2.29. The van der Waals surface area contributed by atoms with Gasteiger partial charge in [-0.1, -0.05) is 196 Å². The zero-order valence-electron chi connectivity index (χ0n) is 38.5. The molecule has 0 atom stereocenters. The van der Waals surface area contributed by atoms with Gasteiger partial charge in [0, 0.05) is 38.6 Å².